The summed E-state index contributed by atoms with van der Waals surface area (Å²) in [4.78, 5) is 29.7. The van der Waals surface area contributed by atoms with Crippen LogP contribution in [0.25, 0.3) is 6.08 Å². The van der Waals surface area contributed by atoms with Gasteiger partial charge in [-0.15, -0.1) is 0 Å². The number of nitrogens with one attached hydrogen (secondary N) is 1. The Morgan fingerprint density at radius 2 is 1.73 bits per heavy atom. The van der Waals surface area contributed by atoms with Gasteiger partial charge < -0.3 is 15.0 Å². The van der Waals surface area contributed by atoms with Gasteiger partial charge in [0.2, 0.25) is 0 Å². The van der Waals surface area contributed by atoms with E-state index in [2.05, 4.69) is 5.32 Å². The summed E-state index contributed by atoms with van der Waals surface area (Å²) in [5, 5.41) is 2.94. The highest BCUT2D eigenvalue weighted by molar-refractivity contribution is 8.27. The van der Waals surface area contributed by atoms with E-state index < -0.39 is 0 Å². The molecule has 1 fully saturated rings. The van der Waals surface area contributed by atoms with Crippen LogP contribution in [-0.4, -0.2) is 36.8 Å². The van der Waals surface area contributed by atoms with E-state index in [0.717, 1.165) is 39.3 Å². The normalized spacial score (nSPS) is 14.3. The van der Waals surface area contributed by atoms with Crippen molar-refractivity contribution in [1.82, 2.24) is 0 Å². The first-order valence-corrected chi connectivity index (χ1v) is 13.0. The lowest BCUT2D eigenvalue weighted by molar-refractivity contribution is -0.118. The number of carbonyl (C=O) groups excluding carboxylic acids is 2. The van der Waals surface area contributed by atoms with Gasteiger partial charge in [0.25, 0.3) is 11.8 Å². The lowest BCUT2D eigenvalue weighted by Crippen LogP contribution is -2.27. The van der Waals surface area contributed by atoms with Crippen LogP contribution in [0.2, 0.25) is 0 Å². The van der Waals surface area contributed by atoms with Crippen molar-refractivity contribution >= 4 is 63.3 Å². The molecule has 1 aliphatic rings. The van der Waals surface area contributed by atoms with E-state index in [1.807, 2.05) is 88.3 Å². The summed E-state index contributed by atoms with van der Waals surface area (Å²) in [5.74, 6) is 0.139. The topological polar surface area (TPSA) is 61.9 Å². The van der Waals surface area contributed by atoms with Crippen LogP contribution in [0.5, 0.6) is 5.75 Å². The predicted octanol–water partition coefficient (Wildman–Crippen LogP) is 6.10. The molecule has 8 heteroatoms. The Morgan fingerprint density at radius 3 is 2.38 bits per heavy atom. The Hall–Kier alpha value is -3.62. The molecule has 0 unspecified atom stereocenters. The quantitative estimate of drug-likeness (QED) is 0.294. The smallest absolute Gasteiger partial charge is 0.270 e. The van der Waals surface area contributed by atoms with Crippen LogP contribution in [0.3, 0.4) is 0 Å². The van der Waals surface area contributed by atoms with Gasteiger partial charge in [-0.1, -0.05) is 53.8 Å². The number of ether oxygens (including phenoxy) is 1. The summed E-state index contributed by atoms with van der Waals surface area (Å²) in [5.41, 5.74) is 6.55. The molecule has 37 heavy (non-hydrogen) atoms. The zero-order valence-electron chi connectivity index (χ0n) is 21.5. The van der Waals surface area contributed by atoms with E-state index in [-0.39, 0.29) is 18.4 Å². The van der Waals surface area contributed by atoms with Gasteiger partial charge in [-0.3, -0.25) is 14.5 Å². The Kier molecular flexibility index (Phi) is 8.00. The molecule has 6 nitrogen and oxygen atoms in total. The van der Waals surface area contributed by atoms with Crippen LogP contribution in [0.1, 0.15) is 22.3 Å². The number of hydrogen-bond acceptors (Lipinski definition) is 6. The number of thiocarbonyl (C=S) groups is 1. The maximum atomic E-state index is 13.1. The lowest BCUT2D eigenvalue weighted by atomic mass is 10.1. The molecule has 1 aliphatic heterocycles. The molecule has 4 rings (SSSR count). The first-order chi connectivity index (χ1) is 17.6. The molecule has 3 aromatic carbocycles. The molecular formula is C29H29N3O3S2. The van der Waals surface area contributed by atoms with E-state index in [1.54, 1.807) is 23.1 Å². The molecule has 1 saturated heterocycles. The second-order valence-corrected chi connectivity index (χ2v) is 10.8. The molecule has 0 radical (unpaired) electrons. The molecule has 0 aliphatic carbocycles. The molecule has 1 heterocycles. The average molecular weight is 532 g/mol. The van der Waals surface area contributed by atoms with E-state index >= 15 is 0 Å². The number of thioether (sulfide) groups is 1. The molecule has 3 aromatic rings. The SMILES string of the molecule is Cc1cc(C)c(NC(=O)COc2cccc(/C=C3\SC(=S)N(c4ccc(N(C)C)cc4)C3=O)c2)c(C)c1. The highest BCUT2D eigenvalue weighted by Gasteiger charge is 2.33. The fourth-order valence-corrected chi connectivity index (χ4v) is 5.44. The summed E-state index contributed by atoms with van der Waals surface area (Å²) in [7, 11) is 3.93. The maximum Gasteiger partial charge on any atom is 0.270 e. The largest absolute Gasteiger partial charge is 0.484 e. The lowest BCUT2D eigenvalue weighted by Gasteiger charge is -2.17. The fourth-order valence-electron chi connectivity index (χ4n) is 4.14. The van der Waals surface area contributed by atoms with Gasteiger partial charge in [0.05, 0.1) is 10.6 Å². The summed E-state index contributed by atoms with van der Waals surface area (Å²) < 4.78 is 6.23. The van der Waals surface area contributed by atoms with Crippen molar-refractivity contribution in [3.8, 4) is 5.75 Å². The van der Waals surface area contributed by atoms with Gasteiger partial charge in [-0.25, -0.2) is 0 Å². The number of hydrogen-bond donors (Lipinski definition) is 1. The zero-order chi connectivity index (χ0) is 26.7. The monoisotopic (exact) mass is 531 g/mol. The summed E-state index contributed by atoms with van der Waals surface area (Å²) in [6.07, 6.45) is 1.79. The Bertz CT molecular complexity index is 1370. The van der Waals surface area contributed by atoms with Gasteiger partial charge in [0, 0.05) is 25.5 Å². The Balaban J connectivity index is 1.43. The van der Waals surface area contributed by atoms with Crippen LogP contribution in [0.4, 0.5) is 17.1 Å². The number of anilines is 3. The maximum absolute atomic E-state index is 13.1. The van der Waals surface area contributed by atoms with Gasteiger partial charge in [0.15, 0.2) is 10.9 Å². The molecule has 0 aromatic heterocycles. The number of rotatable bonds is 7. The van der Waals surface area contributed by atoms with Crippen LogP contribution < -0.4 is 19.9 Å². The van der Waals surface area contributed by atoms with Crippen LogP contribution in [-0.2, 0) is 9.59 Å². The predicted molar refractivity (Wildman–Crippen MR) is 158 cm³/mol. The van der Waals surface area contributed by atoms with Gasteiger partial charge in [0.1, 0.15) is 5.75 Å². The first-order valence-electron chi connectivity index (χ1n) is 11.8. The van der Waals surface area contributed by atoms with E-state index in [4.69, 9.17) is 17.0 Å². The molecule has 0 bridgehead atoms. The number of nitrogens with zero attached hydrogens (tertiary/aromatic N) is 2. The van der Waals surface area contributed by atoms with E-state index in [1.165, 1.54) is 11.8 Å². The van der Waals surface area contributed by atoms with Crippen LogP contribution in [0, 0.1) is 20.8 Å². The van der Waals surface area contributed by atoms with Gasteiger partial charge >= 0.3 is 0 Å². The number of carbonyl (C=O) groups is 2. The first kappa shape index (κ1) is 26.4. The van der Waals surface area contributed by atoms with Crippen LogP contribution in [0.15, 0.2) is 65.6 Å². The number of aryl methyl sites for hydroxylation is 3. The second kappa shape index (κ2) is 11.2. The zero-order valence-corrected chi connectivity index (χ0v) is 23.1. The molecule has 1 N–H and O–H groups in total. The van der Waals surface area contributed by atoms with E-state index in [9.17, 15) is 9.59 Å². The average Bonchev–Trinajstić information content (AvgIpc) is 3.12. The minimum Gasteiger partial charge on any atom is -0.484 e. The summed E-state index contributed by atoms with van der Waals surface area (Å²) in [6.45, 7) is 5.85. The highest BCUT2D eigenvalue weighted by Crippen LogP contribution is 2.36. The van der Waals surface area contributed by atoms with Crippen molar-refractivity contribution in [2.45, 2.75) is 20.8 Å². The molecule has 0 spiro atoms. The Morgan fingerprint density at radius 1 is 1.05 bits per heavy atom. The summed E-state index contributed by atoms with van der Waals surface area (Å²) >= 11 is 6.76. The third-order valence-electron chi connectivity index (χ3n) is 5.89. The molecule has 0 atom stereocenters. The second-order valence-electron chi connectivity index (χ2n) is 9.11. The third kappa shape index (κ3) is 6.21. The Labute approximate surface area is 227 Å². The van der Waals surface area contributed by atoms with Crippen molar-refractivity contribution < 1.29 is 14.3 Å². The minimum absolute atomic E-state index is 0.124. The van der Waals surface area contributed by atoms with Crippen molar-refractivity contribution in [1.29, 1.82) is 0 Å². The molecule has 2 amide bonds. The van der Waals surface area contributed by atoms with Crippen molar-refractivity contribution in [2.24, 2.45) is 0 Å². The number of amides is 2. The fraction of sp³-hybridized carbons (Fsp3) is 0.207. The van der Waals surface area contributed by atoms with Crippen LogP contribution >= 0.6 is 24.0 Å². The molecule has 190 valence electrons. The third-order valence-corrected chi connectivity index (χ3v) is 7.19. The van der Waals surface area contributed by atoms with E-state index in [0.29, 0.717) is 15.0 Å². The molecule has 0 saturated carbocycles. The van der Waals surface area contributed by atoms with Gasteiger partial charge in [-0.2, -0.15) is 0 Å². The minimum atomic E-state index is -0.235. The highest BCUT2D eigenvalue weighted by atomic mass is 32.2. The van der Waals surface area contributed by atoms with Crippen molar-refractivity contribution in [2.75, 3.05) is 35.8 Å². The van der Waals surface area contributed by atoms with Crippen molar-refractivity contribution in [3.05, 3.63) is 87.8 Å². The molecular weight excluding hydrogens is 502 g/mol. The van der Waals surface area contributed by atoms with Gasteiger partial charge in [-0.05, 0) is 79.9 Å². The van der Waals surface area contributed by atoms with Crippen molar-refractivity contribution in [3.63, 3.8) is 0 Å². The number of benzene rings is 3. The summed E-state index contributed by atoms with van der Waals surface area (Å²) in [6, 6.07) is 19.1. The standard InChI is InChI=1S/C29H29N3O3S2/c1-18-13-19(2)27(20(3)14-18)30-26(33)17-35-24-8-6-7-21(15-24)16-25-28(34)32(29(36)37-25)23-11-9-22(10-12-23)31(4)5/h6-16H,17H2,1-5H3,(H,30,33)/b25-16-.